The van der Waals surface area contributed by atoms with Gasteiger partial charge in [-0.25, -0.2) is 4.98 Å². The number of aryl methyl sites for hydroxylation is 2. The highest BCUT2D eigenvalue weighted by Crippen LogP contribution is 2.29. The molecule has 0 unspecified atom stereocenters. The zero-order chi connectivity index (χ0) is 15.6. The van der Waals surface area contributed by atoms with E-state index in [1.807, 2.05) is 24.3 Å². The normalized spacial score (nSPS) is 11.2. The molecule has 0 fully saturated rings. The number of oxazole rings is 1. The first-order chi connectivity index (χ1) is 11.3. The summed E-state index contributed by atoms with van der Waals surface area (Å²) in [5.41, 5.74) is 3.45. The van der Waals surface area contributed by atoms with Crippen molar-refractivity contribution in [2.24, 2.45) is 0 Å². The average Bonchev–Trinajstić information content (AvgIpc) is 3.22. The maximum absolute atomic E-state index is 6.21. The highest BCUT2D eigenvalue weighted by Gasteiger charge is 2.15. The third-order valence-electron chi connectivity index (χ3n) is 3.56. The van der Waals surface area contributed by atoms with Gasteiger partial charge in [-0.3, -0.25) is 4.98 Å². The van der Waals surface area contributed by atoms with E-state index in [0.29, 0.717) is 22.2 Å². The van der Waals surface area contributed by atoms with E-state index in [1.54, 1.807) is 24.5 Å². The molecule has 114 valence electrons. The molecule has 6 heteroatoms. The minimum absolute atomic E-state index is 0.402. The summed E-state index contributed by atoms with van der Waals surface area (Å²) in [4.78, 5) is 8.77. The second-order valence-corrected chi connectivity index (χ2v) is 5.57. The fraction of sp³-hybridized carbons (Fsp3) is 0.118. The van der Waals surface area contributed by atoms with E-state index in [-0.39, 0.29) is 0 Å². The van der Waals surface area contributed by atoms with Crippen LogP contribution in [0.3, 0.4) is 0 Å². The van der Waals surface area contributed by atoms with Crippen LogP contribution in [0.4, 0.5) is 0 Å². The van der Waals surface area contributed by atoms with Crippen molar-refractivity contribution in [2.75, 3.05) is 0 Å². The van der Waals surface area contributed by atoms with Crippen LogP contribution in [-0.4, -0.2) is 15.1 Å². The molecule has 0 radical (unpaired) electrons. The number of benzene rings is 1. The molecule has 3 heterocycles. The number of aromatic nitrogens is 3. The van der Waals surface area contributed by atoms with Crippen LogP contribution in [-0.2, 0) is 12.8 Å². The third-order valence-corrected chi connectivity index (χ3v) is 3.78. The molecular weight excluding hydrogens is 314 g/mol. The van der Waals surface area contributed by atoms with Gasteiger partial charge in [0, 0.05) is 23.0 Å². The van der Waals surface area contributed by atoms with Crippen molar-refractivity contribution in [3.05, 3.63) is 65.1 Å². The highest BCUT2D eigenvalue weighted by atomic mass is 35.5. The van der Waals surface area contributed by atoms with Gasteiger partial charge in [-0.15, -0.1) is 0 Å². The summed E-state index contributed by atoms with van der Waals surface area (Å²) >= 11 is 6.21. The molecule has 0 bridgehead atoms. The minimum atomic E-state index is 0.402. The van der Waals surface area contributed by atoms with Crippen molar-refractivity contribution >= 4 is 22.7 Å². The van der Waals surface area contributed by atoms with Gasteiger partial charge in [0.1, 0.15) is 5.52 Å². The lowest BCUT2D eigenvalue weighted by molar-refractivity contribution is 0.418. The molecule has 0 saturated carbocycles. The molecule has 0 atom stereocenters. The highest BCUT2D eigenvalue weighted by molar-refractivity contribution is 6.31. The summed E-state index contributed by atoms with van der Waals surface area (Å²) in [5, 5.41) is 4.31. The lowest BCUT2D eigenvalue weighted by atomic mass is 10.1. The molecule has 4 rings (SSSR count). The zero-order valence-electron chi connectivity index (χ0n) is 12.1. The van der Waals surface area contributed by atoms with Crippen molar-refractivity contribution in [1.29, 1.82) is 0 Å². The van der Waals surface area contributed by atoms with Gasteiger partial charge in [-0.05, 0) is 42.7 Å². The summed E-state index contributed by atoms with van der Waals surface area (Å²) in [6.07, 6.45) is 4.91. The number of pyridine rings is 1. The quantitative estimate of drug-likeness (QED) is 0.559. The van der Waals surface area contributed by atoms with Gasteiger partial charge in [-0.1, -0.05) is 22.8 Å². The van der Waals surface area contributed by atoms with Crippen LogP contribution in [0.15, 0.2) is 57.7 Å². The Bertz CT molecular complexity index is 933. The van der Waals surface area contributed by atoms with E-state index in [1.165, 1.54) is 0 Å². The molecule has 4 aromatic rings. The van der Waals surface area contributed by atoms with Gasteiger partial charge in [0.15, 0.2) is 5.58 Å². The summed E-state index contributed by atoms with van der Waals surface area (Å²) in [5.74, 6) is 0.895. The second-order valence-electron chi connectivity index (χ2n) is 5.13. The van der Waals surface area contributed by atoms with Crippen molar-refractivity contribution < 1.29 is 8.94 Å². The Kier molecular flexibility index (Phi) is 3.55. The summed E-state index contributed by atoms with van der Waals surface area (Å²) in [7, 11) is 0. The average molecular weight is 326 g/mol. The Morgan fingerprint density at radius 1 is 1.04 bits per heavy atom. The smallest absolute Gasteiger partial charge is 0.266 e. The van der Waals surface area contributed by atoms with E-state index in [4.69, 9.17) is 20.5 Å². The van der Waals surface area contributed by atoms with E-state index >= 15 is 0 Å². The Morgan fingerprint density at radius 3 is 2.78 bits per heavy atom. The first-order valence-corrected chi connectivity index (χ1v) is 7.57. The summed E-state index contributed by atoms with van der Waals surface area (Å²) < 4.78 is 11.0. The zero-order valence-corrected chi connectivity index (χ0v) is 12.8. The largest absolute Gasteiger partial charge is 0.433 e. The predicted molar refractivity (Wildman–Crippen MR) is 86.2 cm³/mol. The van der Waals surface area contributed by atoms with E-state index in [0.717, 1.165) is 29.7 Å². The van der Waals surface area contributed by atoms with Gasteiger partial charge in [0.05, 0.1) is 6.20 Å². The number of halogens is 1. The molecule has 0 spiro atoms. The fourth-order valence-corrected chi connectivity index (χ4v) is 2.73. The molecule has 1 aromatic carbocycles. The Hall–Kier alpha value is -2.66. The molecule has 0 aliphatic rings. The lowest BCUT2D eigenvalue weighted by Crippen LogP contribution is -1.94. The van der Waals surface area contributed by atoms with Crippen molar-refractivity contribution in [1.82, 2.24) is 15.1 Å². The predicted octanol–water partition coefficient (Wildman–Crippen LogP) is 4.32. The standard InChI is InChI=1S/C17H12ClN3O2/c18-12-9-11(4-5-13-3-1-2-7-19-13)16-14(10-12)21-17(22-16)15-6-8-20-23-15/h1-3,6-10H,4-5H2. The van der Waals surface area contributed by atoms with Crippen molar-refractivity contribution in [2.45, 2.75) is 12.8 Å². The monoisotopic (exact) mass is 325 g/mol. The van der Waals surface area contributed by atoms with Gasteiger partial charge in [0.25, 0.3) is 5.89 Å². The number of fused-ring (bicyclic) bond motifs is 1. The first kappa shape index (κ1) is 14.0. The third kappa shape index (κ3) is 2.83. The molecular formula is C17H12ClN3O2. The number of nitrogens with zero attached hydrogens (tertiary/aromatic N) is 3. The molecule has 5 nitrogen and oxygen atoms in total. The van der Waals surface area contributed by atoms with Crippen LogP contribution >= 0.6 is 11.6 Å². The topological polar surface area (TPSA) is 65.0 Å². The van der Waals surface area contributed by atoms with E-state index in [9.17, 15) is 0 Å². The van der Waals surface area contributed by atoms with Gasteiger partial charge in [0.2, 0.25) is 5.76 Å². The molecule has 0 aliphatic heterocycles. The van der Waals surface area contributed by atoms with Crippen LogP contribution in [0.2, 0.25) is 5.02 Å². The van der Waals surface area contributed by atoms with Crippen LogP contribution < -0.4 is 0 Å². The van der Waals surface area contributed by atoms with Crippen LogP contribution in [0, 0.1) is 0 Å². The summed E-state index contributed by atoms with van der Waals surface area (Å²) in [6, 6.07) is 11.3. The van der Waals surface area contributed by atoms with Crippen LogP contribution in [0.5, 0.6) is 0 Å². The number of rotatable bonds is 4. The molecule has 3 aromatic heterocycles. The van der Waals surface area contributed by atoms with E-state index in [2.05, 4.69) is 15.1 Å². The lowest BCUT2D eigenvalue weighted by Gasteiger charge is -2.03. The van der Waals surface area contributed by atoms with Crippen molar-refractivity contribution in [3.8, 4) is 11.7 Å². The first-order valence-electron chi connectivity index (χ1n) is 7.19. The Labute approximate surface area is 136 Å². The minimum Gasteiger partial charge on any atom is -0.433 e. The molecule has 0 saturated heterocycles. The molecule has 0 aliphatic carbocycles. The van der Waals surface area contributed by atoms with Crippen LogP contribution in [0.25, 0.3) is 22.8 Å². The maximum Gasteiger partial charge on any atom is 0.266 e. The second kappa shape index (κ2) is 5.85. The summed E-state index contributed by atoms with van der Waals surface area (Å²) in [6.45, 7) is 0. The SMILES string of the molecule is Clc1cc(CCc2ccccn2)c2oc(-c3ccno3)nc2c1. The van der Waals surface area contributed by atoms with Gasteiger partial charge < -0.3 is 8.94 Å². The maximum atomic E-state index is 6.21. The molecule has 23 heavy (non-hydrogen) atoms. The van der Waals surface area contributed by atoms with Crippen molar-refractivity contribution in [3.63, 3.8) is 0 Å². The Balaban J connectivity index is 1.70. The Morgan fingerprint density at radius 2 is 2.00 bits per heavy atom. The van der Waals surface area contributed by atoms with E-state index < -0.39 is 0 Å². The van der Waals surface area contributed by atoms with Gasteiger partial charge >= 0.3 is 0 Å². The number of hydrogen-bond acceptors (Lipinski definition) is 5. The fourth-order valence-electron chi connectivity index (χ4n) is 2.49. The molecule has 0 N–H and O–H groups in total. The molecule has 0 amide bonds. The van der Waals surface area contributed by atoms with Gasteiger partial charge in [-0.2, -0.15) is 0 Å². The van der Waals surface area contributed by atoms with Crippen LogP contribution in [0.1, 0.15) is 11.3 Å². The number of hydrogen-bond donors (Lipinski definition) is 0.